The molecule has 0 aliphatic carbocycles. The number of imidazole rings is 2. The van der Waals surface area contributed by atoms with E-state index in [1.54, 1.807) is 15.3 Å². The Kier molecular flexibility index (Phi) is 5.07. The van der Waals surface area contributed by atoms with Crippen LogP contribution in [0.25, 0.3) is 39.0 Å². The zero-order valence-electron chi connectivity index (χ0n) is 19.7. The summed E-state index contributed by atoms with van der Waals surface area (Å²) in [6.45, 7) is 5.40. The molecule has 35 heavy (non-hydrogen) atoms. The van der Waals surface area contributed by atoms with Gasteiger partial charge in [-0.15, -0.1) is 0 Å². The molecule has 0 radical (unpaired) electrons. The third-order valence-corrected chi connectivity index (χ3v) is 6.60. The first kappa shape index (κ1) is 21.1. The van der Waals surface area contributed by atoms with Crippen molar-refractivity contribution >= 4 is 22.2 Å². The molecule has 0 saturated heterocycles. The first-order valence-electron chi connectivity index (χ1n) is 11.8. The van der Waals surface area contributed by atoms with Crippen molar-refractivity contribution in [2.45, 2.75) is 26.9 Å². The highest BCUT2D eigenvalue weighted by Gasteiger charge is 2.16. The first-order valence-corrected chi connectivity index (χ1v) is 11.8. The number of hydrogen-bond donors (Lipinski definition) is 0. The molecule has 6 nitrogen and oxygen atoms in total. The minimum atomic E-state index is -0.0775. The van der Waals surface area contributed by atoms with Crippen LogP contribution in [0.5, 0.6) is 0 Å². The maximum Gasteiger partial charge on any atom is 0.334 e. The predicted molar refractivity (Wildman–Crippen MR) is 140 cm³/mol. The third-order valence-electron chi connectivity index (χ3n) is 6.60. The molecule has 0 atom stereocenters. The van der Waals surface area contributed by atoms with Gasteiger partial charge in [0.1, 0.15) is 5.82 Å². The topological polar surface area (TPSA) is 57.6 Å². The average Bonchev–Trinajstić information content (AvgIpc) is 3.37. The molecule has 0 N–H and O–H groups in total. The lowest BCUT2D eigenvalue weighted by atomic mass is 10.0. The molecule has 3 aromatic carbocycles. The Balaban J connectivity index is 1.43. The number of nitrogens with zero attached hydrogens (tertiary/aromatic N) is 5. The second kappa shape index (κ2) is 8.40. The second-order valence-corrected chi connectivity index (χ2v) is 8.66. The summed E-state index contributed by atoms with van der Waals surface area (Å²) >= 11 is 0. The standard InChI is InChI=1S/C29H25N5O/c1-3-32-26-13-8-18-30-28(26)34(29(32)35)23-16-14-22(15-17-23)24-11-7-12-25-27(24)31-20(2)33(25)19-21-9-5-4-6-10-21/h4-18H,3,19H2,1-2H3. The van der Waals surface area contributed by atoms with Gasteiger partial charge in [-0.3, -0.25) is 4.57 Å². The van der Waals surface area contributed by atoms with Gasteiger partial charge in [0.15, 0.2) is 5.65 Å². The van der Waals surface area contributed by atoms with Crippen LogP contribution < -0.4 is 5.69 Å². The number of hydrogen-bond acceptors (Lipinski definition) is 3. The lowest BCUT2D eigenvalue weighted by Gasteiger charge is -2.09. The zero-order valence-corrected chi connectivity index (χ0v) is 19.7. The number of benzene rings is 3. The van der Waals surface area contributed by atoms with E-state index in [0.29, 0.717) is 12.2 Å². The van der Waals surface area contributed by atoms with Crippen LogP contribution in [0, 0.1) is 6.92 Å². The van der Waals surface area contributed by atoms with Crippen LogP contribution in [0.15, 0.2) is 95.9 Å². The molecule has 172 valence electrons. The van der Waals surface area contributed by atoms with E-state index in [1.165, 1.54) is 5.56 Å². The summed E-state index contributed by atoms with van der Waals surface area (Å²) < 4.78 is 5.69. The highest BCUT2D eigenvalue weighted by molar-refractivity contribution is 5.92. The summed E-state index contributed by atoms with van der Waals surface area (Å²) in [6.07, 6.45) is 1.72. The Morgan fingerprint density at radius 2 is 1.57 bits per heavy atom. The molecule has 3 heterocycles. The molecule has 0 fully saturated rings. The lowest BCUT2D eigenvalue weighted by molar-refractivity contribution is 0.734. The van der Waals surface area contributed by atoms with Crippen LogP contribution in [0.1, 0.15) is 18.3 Å². The van der Waals surface area contributed by atoms with Gasteiger partial charge in [-0.05, 0) is 55.3 Å². The second-order valence-electron chi connectivity index (χ2n) is 8.66. The van der Waals surface area contributed by atoms with Crippen LogP contribution in [0.3, 0.4) is 0 Å². The first-order chi connectivity index (χ1) is 17.2. The molecule has 0 amide bonds. The number of pyridine rings is 1. The smallest absolute Gasteiger partial charge is 0.324 e. The van der Waals surface area contributed by atoms with Gasteiger partial charge >= 0.3 is 5.69 Å². The molecule has 0 saturated carbocycles. The highest BCUT2D eigenvalue weighted by atomic mass is 16.1. The molecule has 0 aliphatic heterocycles. The summed E-state index contributed by atoms with van der Waals surface area (Å²) in [5.74, 6) is 0.984. The number of rotatable bonds is 5. The lowest BCUT2D eigenvalue weighted by Crippen LogP contribution is -2.22. The fourth-order valence-corrected chi connectivity index (χ4v) is 4.88. The summed E-state index contributed by atoms with van der Waals surface area (Å²) in [6, 6.07) is 28.6. The van der Waals surface area contributed by atoms with Crippen molar-refractivity contribution in [3.8, 4) is 16.8 Å². The Morgan fingerprint density at radius 1 is 0.800 bits per heavy atom. The maximum absolute atomic E-state index is 13.1. The van der Waals surface area contributed by atoms with Gasteiger partial charge in [-0.2, -0.15) is 0 Å². The SMILES string of the molecule is CCn1c(=O)n(-c2ccc(-c3cccc4c3nc(C)n4Cc3ccccc3)cc2)c2ncccc21. The monoisotopic (exact) mass is 459 g/mol. The van der Waals surface area contributed by atoms with Gasteiger partial charge in [-0.1, -0.05) is 54.6 Å². The van der Waals surface area contributed by atoms with Crippen LogP contribution >= 0.6 is 0 Å². The molecule has 0 bridgehead atoms. The molecule has 3 aromatic heterocycles. The van der Waals surface area contributed by atoms with Crippen molar-refractivity contribution < 1.29 is 0 Å². The fourth-order valence-electron chi connectivity index (χ4n) is 4.88. The van der Waals surface area contributed by atoms with E-state index in [0.717, 1.165) is 45.7 Å². The van der Waals surface area contributed by atoms with Gasteiger partial charge in [0.05, 0.1) is 22.2 Å². The molecule has 0 aliphatic rings. The van der Waals surface area contributed by atoms with Gasteiger partial charge in [0.2, 0.25) is 0 Å². The Morgan fingerprint density at radius 3 is 2.34 bits per heavy atom. The van der Waals surface area contributed by atoms with Gasteiger partial charge < -0.3 is 4.57 Å². The van der Waals surface area contributed by atoms with Crippen molar-refractivity contribution in [1.29, 1.82) is 0 Å². The van der Waals surface area contributed by atoms with E-state index in [9.17, 15) is 4.79 Å². The van der Waals surface area contributed by atoms with Crippen molar-refractivity contribution in [2.75, 3.05) is 0 Å². The van der Waals surface area contributed by atoms with E-state index < -0.39 is 0 Å². The van der Waals surface area contributed by atoms with E-state index in [2.05, 4.69) is 71.1 Å². The number of aryl methyl sites for hydroxylation is 2. The van der Waals surface area contributed by atoms with Crippen molar-refractivity contribution in [3.05, 3.63) is 113 Å². The van der Waals surface area contributed by atoms with Crippen molar-refractivity contribution in [1.82, 2.24) is 23.7 Å². The summed E-state index contributed by atoms with van der Waals surface area (Å²) in [4.78, 5) is 22.5. The summed E-state index contributed by atoms with van der Waals surface area (Å²) in [5.41, 5.74) is 7.70. The van der Waals surface area contributed by atoms with Gasteiger partial charge in [-0.25, -0.2) is 19.3 Å². The molecular formula is C29H25N5O. The van der Waals surface area contributed by atoms with E-state index in [4.69, 9.17) is 4.98 Å². The molecule has 6 aromatic rings. The minimum Gasteiger partial charge on any atom is -0.324 e. The summed E-state index contributed by atoms with van der Waals surface area (Å²) in [7, 11) is 0. The largest absolute Gasteiger partial charge is 0.334 e. The molecule has 0 spiro atoms. The van der Waals surface area contributed by atoms with Crippen molar-refractivity contribution in [3.63, 3.8) is 0 Å². The maximum atomic E-state index is 13.1. The fraction of sp³-hybridized carbons (Fsp3) is 0.138. The molecule has 6 heteroatoms. The van der Waals surface area contributed by atoms with E-state index >= 15 is 0 Å². The predicted octanol–water partition coefficient (Wildman–Crippen LogP) is 5.58. The molecule has 0 unspecified atom stereocenters. The average molecular weight is 460 g/mol. The molecular weight excluding hydrogens is 434 g/mol. The van der Waals surface area contributed by atoms with Crippen LogP contribution in [-0.4, -0.2) is 23.7 Å². The third kappa shape index (κ3) is 3.46. The number of para-hydroxylation sites is 1. The molecule has 6 rings (SSSR count). The summed E-state index contributed by atoms with van der Waals surface area (Å²) in [5, 5.41) is 0. The van der Waals surface area contributed by atoms with E-state index in [-0.39, 0.29) is 5.69 Å². The zero-order chi connectivity index (χ0) is 23.9. The normalized spacial score (nSPS) is 11.5. The minimum absolute atomic E-state index is 0.0775. The Labute approximate surface area is 202 Å². The van der Waals surface area contributed by atoms with Gasteiger partial charge in [0, 0.05) is 24.8 Å². The van der Waals surface area contributed by atoms with E-state index in [1.807, 2.05) is 37.3 Å². The highest BCUT2D eigenvalue weighted by Crippen LogP contribution is 2.30. The number of fused-ring (bicyclic) bond motifs is 2. The van der Waals surface area contributed by atoms with Gasteiger partial charge in [0.25, 0.3) is 0 Å². The quantitative estimate of drug-likeness (QED) is 0.338. The Bertz CT molecular complexity index is 1720. The van der Waals surface area contributed by atoms with Crippen LogP contribution in [-0.2, 0) is 13.1 Å². The number of aromatic nitrogens is 5. The van der Waals surface area contributed by atoms with Crippen molar-refractivity contribution in [2.24, 2.45) is 0 Å². The van der Waals surface area contributed by atoms with Crippen LogP contribution in [0.2, 0.25) is 0 Å². The Hall–Kier alpha value is -4.45. The van der Waals surface area contributed by atoms with Crippen LogP contribution in [0.4, 0.5) is 0 Å².